The van der Waals surface area contributed by atoms with Crippen LogP contribution in [0.5, 0.6) is 0 Å². The van der Waals surface area contributed by atoms with Crippen LogP contribution in [0.3, 0.4) is 0 Å². The Morgan fingerprint density at radius 3 is 2.67 bits per heavy atom. The Balaban J connectivity index is 0.00000161. The summed E-state index contributed by atoms with van der Waals surface area (Å²) in [7, 11) is 0. The van der Waals surface area contributed by atoms with E-state index in [4.69, 9.17) is 0 Å². The number of fused-ring (bicyclic) bond motifs is 2. The molecule has 1 aromatic carbocycles. The Hall–Kier alpha value is -1.06. The van der Waals surface area contributed by atoms with Gasteiger partial charge in [0.2, 0.25) is 5.91 Å². The standard InChI is InChI=1S/C17H24N2O.ClH/c1-12-3-2-4-13(7-12)11-18-17(20)10-14-8-15-5-6-16(9-14)19-15;/h2-4,7,14-16,19H,5-6,8-11H2,1H3,(H,18,20);1H. The lowest BCUT2D eigenvalue weighted by Crippen LogP contribution is -2.39. The molecule has 0 saturated carbocycles. The highest BCUT2D eigenvalue weighted by Crippen LogP contribution is 2.32. The molecule has 116 valence electrons. The molecule has 21 heavy (non-hydrogen) atoms. The van der Waals surface area contributed by atoms with E-state index in [0.717, 1.165) is 0 Å². The molecule has 2 atom stereocenters. The SMILES string of the molecule is Cc1cccc(CNC(=O)CC2CC3CCC(C2)N3)c1.Cl. The van der Waals surface area contributed by atoms with E-state index in [1.165, 1.54) is 36.8 Å². The number of nitrogens with one attached hydrogen (secondary N) is 2. The van der Waals surface area contributed by atoms with Crippen LogP contribution in [0.1, 0.15) is 43.2 Å². The fourth-order valence-corrected chi connectivity index (χ4v) is 3.70. The van der Waals surface area contributed by atoms with E-state index in [0.29, 0.717) is 31.0 Å². The van der Waals surface area contributed by atoms with Crippen LogP contribution in [0, 0.1) is 12.8 Å². The lowest BCUT2D eigenvalue weighted by molar-refractivity contribution is -0.122. The van der Waals surface area contributed by atoms with E-state index in [2.05, 4.69) is 35.8 Å². The lowest BCUT2D eigenvalue weighted by Gasteiger charge is -2.28. The molecular weight excluding hydrogens is 284 g/mol. The van der Waals surface area contributed by atoms with E-state index in [1.807, 2.05) is 6.07 Å². The van der Waals surface area contributed by atoms with Crippen molar-refractivity contribution in [2.45, 2.75) is 57.7 Å². The van der Waals surface area contributed by atoms with Crippen molar-refractivity contribution in [2.24, 2.45) is 5.92 Å². The summed E-state index contributed by atoms with van der Waals surface area (Å²) in [6.45, 7) is 2.73. The summed E-state index contributed by atoms with van der Waals surface area (Å²) in [6.07, 6.45) is 5.64. The molecule has 1 aromatic rings. The first-order chi connectivity index (χ1) is 9.69. The van der Waals surface area contributed by atoms with Crippen LogP contribution in [-0.4, -0.2) is 18.0 Å². The molecule has 2 unspecified atom stereocenters. The number of halogens is 1. The normalized spacial score (nSPS) is 27.0. The van der Waals surface area contributed by atoms with Crippen molar-refractivity contribution < 1.29 is 4.79 Å². The van der Waals surface area contributed by atoms with Gasteiger partial charge in [-0.1, -0.05) is 29.8 Å². The van der Waals surface area contributed by atoms with Crippen LogP contribution in [0.2, 0.25) is 0 Å². The third-order valence-corrected chi connectivity index (χ3v) is 4.62. The van der Waals surface area contributed by atoms with Gasteiger partial charge in [0, 0.05) is 25.0 Å². The molecular formula is C17H25ClN2O. The molecule has 1 amide bonds. The zero-order valence-corrected chi connectivity index (χ0v) is 13.4. The van der Waals surface area contributed by atoms with Crippen molar-refractivity contribution in [1.29, 1.82) is 0 Å². The molecule has 0 radical (unpaired) electrons. The minimum Gasteiger partial charge on any atom is -0.352 e. The molecule has 0 aliphatic carbocycles. The zero-order valence-electron chi connectivity index (χ0n) is 12.6. The van der Waals surface area contributed by atoms with Crippen LogP contribution in [0.25, 0.3) is 0 Å². The van der Waals surface area contributed by atoms with Crippen LogP contribution in [0.15, 0.2) is 24.3 Å². The maximum atomic E-state index is 12.1. The fraction of sp³-hybridized carbons (Fsp3) is 0.588. The summed E-state index contributed by atoms with van der Waals surface area (Å²) in [6, 6.07) is 9.66. The molecule has 2 N–H and O–H groups in total. The predicted octanol–water partition coefficient (Wildman–Crippen LogP) is 2.95. The molecule has 2 heterocycles. The highest BCUT2D eigenvalue weighted by molar-refractivity contribution is 5.85. The number of rotatable bonds is 4. The number of amides is 1. The molecule has 3 rings (SSSR count). The molecule has 4 heteroatoms. The van der Waals surface area contributed by atoms with E-state index in [1.54, 1.807) is 0 Å². The second-order valence-electron chi connectivity index (χ2n) is 6.45. The van der Waals surface area contributed by atoms with Crippen LogP contribution in [-0.2, 0) is 11.3 Å². The third kappa shape index (κ3) is 4.45. The van der Waals surface area contributed by atoms with Crippen LogP contribution >= 0.6 is 12.4 Å². The minimum absolute atomic E-state index is 0. The highest BCUT2D eigenvalue weighted by atomic mass is 35.5. The van der Waals surface area contributed by atoms with Gasteiger partial charge in [-0.05, 0) is 44.1 Å². The maximum Gasteiger partial charge on any atom is 0.220 e. The first kappa shape index (κ1) is 16.3. The number of carbonyl (C=O) groups is 1. The first-order valence-corrected chi connectivity index (χ1v) is 7.77. The van der Waals surface area contributed by atoms with Crippen LogP contribution in [0.4, 0.5) is 0 Å². The molecule has 2 bridgehead atoms. The third-order valence-electron chi connectivity index (χ3n) is 4.62. The summed E-state index contributed by atoms with van der Waals surface area (Å²) in [5, 5.41) is 6.69. The Kier molecular flexibility index (Phi) is 5.65. The van der Waals surface area contributed by atoms with Gasteiger partial charge in [-0.15, -0.1) is 12.4 Å². The Labute approximate surface area is 133 Å². The summed E-state index contributed by atoms with van der Waals surface area (Å²) < 4.78 is 0. The Bertz CT molecular complexity index is 479. The van der Waals surface area contributed by atoms with Crippen molar-refractivity contribution in [3.8, 4) is 0 Å². The van der Waals surface area contributed by atoms with Gasteiger partial charge >= 0.3 is 0 Å². The Morgan fingerprint density at radius 2 is 2.00 bits per heavy atom. The van der Waals surface area contributed by atoms with Crippen molar-refractivity contribution in [3.63, 3.8) is 0 Å². The number of hydrogen-bond acceptors (Lipinski definition) is 2. The van der Waals surface area contributed by atoms with Gasteiger partial charge in [0.25, 0.3) is 0 Å². The second-order valence-corrected chi connectivity index (χ2v) is 6.45. The summed E-state index contributed by atoms with van der Waals surface area (Å²) in [5.74, 6) is 0.782. The number of benzene rings is 1. The quantitative estimate of drug-likeness (QED) is 0.898. The number of aryl methyl sites for hydroxylation is 1. The largest absolute Gasteiger partial charge is 0.352 e. The van der Waals surface area contributed by atoms with Gasteiger partial charge in [-0.3, -0.25) is 4.79 Å². The summed E-state index contributed by atoms with van der Waals surface area (Å²) in [4.78, 5) is 12.1. The second kappa shape index (κ2) is 7.28. The topological polar surface area (TPSA) is 41.1 Å². The summed E-state index contributed by atoms with van der Waals surface area (Å²) in [5.41, 5.74) is 2.43. The predicted molar refractivity (Wildman–Crippen MR) is 87.6 cm³/mol. The van der Waals surface area contributed by atoms with Crippen molar-refractivity contribution >= 4 is 18.3 Å². The van der Waals surface area contributed by atoms with E-state index in [-0.39, 0.29) is 18.3 Å². The van der Waals surface area contributed by atoms with Crippen molar-refractivity contribution in [2.75, 3.05) is 0 Å². The molecule has 0 spiro atoms. The molecule has 2 aliphatic heterocycles. The van der Waals surface area contributed by atoms with E-state index < -0.39 is 0 Å². The fourth-order valence-electron chi connectivity index (χ4n) is 3.70. The highest BCUT2D eigenvalue weighted by Gasteiger charge is 2.33. The number of hydrogen-bond donors (Lipinski definition) is 2. The van der Waals surface area contributed by atoms with E-state index in [9.17, 15) is 4.79 Å². The molecule has 2 aliphatic rings. The lowest BCUT2D eigenvalue weighted by atomic mass is 9.89. The van der Waals surface area contributed by atoms with E-state index >= 15 is 0 Å². The number of carbonyl (C=O) groups excluding carboxylic acids is 1. The molecule has 2 saturated heterocycles. The molecule has 0 aromatic heterocycles. The number of piperidine rings is 1. The van der Waals surface area contributed by atoms with Gasteiger partial charge in [-0.25, -0.2) is 0 Å². The molecule has 3 nitrogen and oxygen atoms in total. The average Bonchev–Trinajstić information content (AvgIpc) is 2.76. The monoisotopic (exact) mass is 308 g/mol. The average molecular weight is 309 g/mol. The maximum absolute atomic E-state index is 12.1. The molecule has 2 fully saturated rings. The zero-order chi connectivity index (χ0) is 13.9. The minimum atomic E-state index is 0. The summed E-state index contributed by atoms with van der Waals surface area (Å²) >= 11 is 0. The van der Waals surface area contributed by atoms with Crippen molar-refractivity contribution in [3.05, 3.63) is 35.4 Å². The Morgan fingerprint density at radius 1 is 1.29 bits per heavy atom. The van der Waals surface area contributed by atoms with Gasteiger partial charge in [0.05, 0.1) is 0 Å². The smallest absolute Gasteiger partial charge is 0.220 e. The van der Waals surface area contributed by atoms with Crippen molar-refractivity contribution in [1.82, 2.24) is 10.6 Å². The van der Waals surface area contributed by atoms with Gasteiger partial charge in [0.15, 0.2) is 0 Å². The van der Waals surface area contributed by atoms with Gasteiger partial charge < -0.3 is 10.6 Å². The van der Waals surface area contributed by atoms with Crippen LogP contribution < -0.4 is 10.6 Å². The first-order valence-electron chi connectivity index (χ1n) is 7.77. The van der Waals surface area contributed by atoms with Gasteiger partial charge in [-0.2, -0.15) is 0 Å². The van der Waals surface area contributed by atoms with Gasteiger partial charge in [0.1, 0.15) is 0 Å².